The molecule has 3 aliphatic rings. The highest BCUT2D eigenvalue weighted by Crippen LogP contribution is 2.41. The van der Waals surface area contributed by atoms with Gasteiger partial charge in [0, 0.05) is 12.5 Å². The largest absolute Gasteiger partial charge is 0.373 e. The predicted octanol–water partition coefficient (Wildman–Crippen LogP) is 1.83. The normalized spacial score (nSPS) is 38.5. The van der Waals surface area contributed by atoms with E-state index in [1.807, 2.05) is 0 Å². The van der Waals surface area contributed by atoms with Crippen molar-refractivity contribution in [1.82, 2.24) is 0 Å². The van der Waals surface area contributed by atoms with E-state index < -0.39 is 0 Å². The lowest BCUT2D eigenvalue weighted by molar-refractivity contribution is 0.138. The lowest BCUT2D eigenvalue weighted by Gasteiger charge is -2.07. The van der Waals surface area contributed by atoms with Gasteiger partial charge < -0.3 is 4.74 Å². The summed E-state index contributed by atoms with van der Waals surface area (Å²) in [6.07, 6.45) is 10.4. The van der Waals surface area contributed by atoms with Crippen molar-refractivity contribution in [3.63, 3.8) is 0 Å². The number of ether oxygens (including phenoxy) is 1. The average molecular weight is 146 g/mol. The van der Waals surface area contributed by atoms with Crippen LogP contribution < -0.4 is 0 Å². The molecule has 0 aromatic carbocycles. The minimum Gasteiger partial charge on any atom is -0.373 e. The fraction of sp³-hybridized carbons (Fsp3) is 0.400. The molecule has 1 saturated heterocycles. The van der Waals surface area contributed by atoms with E-state index in [4.69, 9.17) is 4.74 Å². The first-order valence-electron chi connectivity index (χ1n) is 4.17. The Morgan fingerprint density at radius 3 is 3.45 bits per heavy atom. The predicted molar refractivity (Wildman–Crippen MR) is 43.2 cm³/mol. The SMILES string of the molecule is C1=CC2=C[C@@H]3OCC[C@@H]3C2=C1. The Bertz CT molecular complexity index is 283. The Balaban J connectivity index is 2.07. The van der Waals surface area contributed by atoms with Gasteiger partial charge in [-0.2, -0.15) is 0 Å². The van der Waals surface area contributed by atoms with Crippen LogP contribution in [-0.4, -0.2) is 12.7 Å². The molecule has 0 radical (unpaired) electrons. The van der Waals surface area contributed by atoms with Gasteiger partial charge in [0.05, 0.1) is 6.10 Å². The van der Waals surface area contributed by atoms with Gasteiger partial charge in [0.1, 0.15) is 0 Å². The monoisotopic (exact) mass is 146 g/mol. The smallest absolute Gasteiger partial charge is 0.0834 e. The van der Waals surface area contributed by atoms with E-state index in [9.17, 15) is 0 Å². The van der Waals surface area contributed by atoms with Gasteiger partial charge in [-0.05, 0) is 23.6 Å². The number of rotatable bonds is 0. The molecule has 11 heavy (non-hydrogen) atoms. The maximum absolute atomic E-state index is 5.56. The van der Waals surface area contributed by atoms with Crippen LogP contribution in [0, 0.1) is 5.92 Å². The van der Waals surface area contributed by atoms with Crippen molar-refractivity contribution in [3.05, 3.63) is 35.5 Å². The number of allylic oxidation sites excluding steroid dienone is 4. The summed E-state index contributed by atoms with van der Waals surface area (Å²) in [5.41, 5.74) is 2.91. The van der Waals surface area contributed by atoms with Gasteiger partial charge in [0.2, 0.25) is 0 Å². The third-order valence-corrected chi connectivity index (χ3v) is 2.76. The fourth-order valence-electron chi connectivity index (χ4n) is 2.22. The highest BCUT2D eigenvalue weighted by molar-refractivity contribution is 5.54. The first-order chi connectivity index (χ1) is 5.45. The molecule has 0 bridgehead atoms. The van der Waals surface area contributed by atoms with Crippen LogP contribution in [0.2, 0.25) is 0 Å². The zero-order chi connectivity index (χ0) is 7.26. The molecular weight excluding hydrogens is 136 g/mol. The number of fused-ring (bicyclic) bond motifs is 3. The van der Waals surface area contributed by atoms with Gasteiger partial charge in [-0.1, -0.05) is 18.2 Å². The van der Waals surface area contributed by atoms with Crippen molar-refractivity contribution in [1.29, 1.82) is 0 Å². The van der Waals surface area contributed by atoms with E-state index in [0.717, 1.165) is 6.61 Å². The van der Waals surface area contributed by atoms with E-state index in [2.05, 4.69) is 24.3 Å². The van der Waals surface area contributed by atoms with E-state index >= 15 is 0 Å². The van der Waals surface area contributed by atoms with Gasteiger partial charge in [0.25, 0.3) is 0 Å². The summed E-state index contributed by atoms with van der Waals surface area (Å²) in [6, 6.07) is 0. The molecule has 1 fully saturated rings. The average Bonchev–Trinajstić information content (AvgIpc) is 2.52. The van der Waals surface area contributed by atoms with Gasteiger partial charge in [-0.15, -0.1) is 0 Å². The Morgan fingerprint density at radius 1 is 1.45 bits per heavy atom. The Labute approximate surface area is 66.1 Å². The third kappa shape index (κ3) is 0.641. The molecule has 1 nitrogen and oxygen atoms in total. The molecule has 56 valence electrons. The third-order valence-electron chi connectivity index (χ3n) is 2.76. The Hall–Kier alpha value is -0.820. The van der Waals surface area contributed by atoms with Crippen molar-refractivity contribution in [2.45, 2.75) is 12.5 Å². The van der Waals surface area contributed by atoms with Crippen LogP contribution in [-0.2, 0) is 4.74 Å². The highest BCUT2D eigenvalue weighted by atomic mass is 16.5. The molecular formula is C10H10O. The molecule has 1 heteroatoms. The van der Waals surface area contributed by atoms with Gasteiger partial charge >= 0.3 is 0 Å². The second-order valence-electron chi connectivity index (χ2n) is 3.33. The molecule has 0 aromatic rings. The van der Waals surface area contributed by atoms with Crippen LogP contribution in [0.4, 0.5) is 0 Å². The minimum absolute atomic E-state index is 0.404. The molecule has 3 rings (SSSR count). The van der Waals surface area contributed by atoms with E-state index in [-0.39, 0.29) is 0 Å². The lowest BCUT2D eigenvalue weighted by Crippen LogP contribution is -2.07. The van der Waals surface area contributed by atoms with Crippen LogP contribution in [0.15, 0.2) is 35.5 Å². The molecule has 0 unspecified atom stereocenters. The molecule has 0 aromatic heterocycles. The maximum atomic E-state index is 5.56. The Morgan fingerprint density at radius 2 is 2.45 bits per heavy atom. The second-order valence-corrected chi connectivity index (χ2v) is 3.33. The summed E-state index contributed by atoms with van der Waals surface area (Å²) in [5, 5.41) is 0. The summed E-state index contributed by atoms with van der Waals surface area (Å²) in [4.78, 5) is 0. The summed E-state index contributed by atoms with van der Waals surface area (Å²) >= 11 is 0. The van der Waals surface area contributed by atoms with Crippen LogP contribution in [0.5, 0.6) is 0 Å². The van der Waals surface area contributed by atoms with Crippen LogP contribution in [0.25, 0.3) is 0 Å². The van der Waals surface area contributed by atoms with Crippen LogP contribution in [0.1, 0.15) is 6.42 Å². The van der Waals surface area contributed by atoms with E-state index in [1.54, 1.807) is 0 Å². The summed E-state index contributed by atoms with van der Waals surface area (Å²) in [7, 11) is 0. The van der Waals surface area contributed by atoms with Gasteiger partial charge in [-0.3, -0.25) is 0 Å². The van der Waals surface area contributed by atoms with Gasteiger partial charge in [-0.25, -0.2) is 0 Å². The first kappa shape index (κ1) is 5.78. The standard InChI is InChI=1S/C10H10O/c1-2-7-6-10-9(4-5-11-10)8(7)3-1/h1-3,6,9-10H,4-5H2/t9-,10+/m1/s1. The molecule has 0 N–H and O–H groups in total. The van der Waals surface area contributed by atoms with Crippen LogP contribution in [0.3, 0.4) is 0 Å². The van der Waals surface area contributed by atoms with Gasteiger partial charge in [0.15, 0.2) is 0 Å². The van der Waals surface area contributed by atoms with Crippen molar-refractivity contribution in [2.24, 2.45) is 5.92 Å². The quantitative estimate of drug-likeness (QED) is 0.506. The number of hydrogen-bond donors (Lipinski definition) is 0. The second kappa shape index (κ2) is 1.86. The Kier molecular flexibility index (Phi) is 0.977. The molecule has 0 amide bonds. The summed E-state index contributed by atoms with van der Waals surface area (Å²) in [5.74, 6) is 0.681. The van der Waals surface area contributed by atoms with E-state index in [0.29, 0.717) is 12.0 Å². The molecule has 2 aliphatic carbocycles. The summed E-state index contributed by atoms with van der Waals surface area (Å²) in [6.45, 7) is 0.941. The van der Waals surface area contributed by atoms with E-state index in [1.165, 1.54) is 17.6 Å². The summed E-state index contributed by atoms with van der Waals surface area (Å²) < 4.78 is 5.56. The molecule has 0 saturated carbocycles. The maximum Gasteiger partial charge on any atom is 0.0834 e. The van der Waals surface area contributed by atoms with Crippen LogP contribution >= 0.6 is 0 Å². The minimum atomic E-state index is 0.404. The van der Waals surface area contributed by atoms with Crippen molar-refractivity contribution < 1.29 is 4.74 Å². The molecule has 1 aliphatic heterocycles. The molecule has 2 atom stereocenters. The lowest BCUT2D eigenvalue weighted by atomic mass is 9.97. The topological polar surface area (TPSA) is 9.23 Å². The zero-order valence-electron chi connectivity index (χ0n) is 6.29. The first-order valence-corrected chi connectivity index (χ1v) is 4.17. The van der Waals surface area contributed by atoms with Crippen molar-refractivity contribution in [3.8, 4) is 0 Å². The van der Waals surface area contributed by atoms with Crippen molar-refractivity contribution >= 4 is 0 Å². The highest BCUT2D eigenvalue weighted by Gasteiger charge is 2.36. The number of hydrogen-bond acceptors (Lipinski definition) is 1. The van der Waals surface area contributed by atoms with Crippen molar-refractivity contribution in [2.75, 3.05) is 6.61 Å². The zero-order valence-corrected chi connectivity index (χ0v) is 6.29. The molecule has 1 heterocycles. The molecule has 0 spiro atoms. The fourth-order valence-corrected chi connectivity index (χ4v) is 2.22.